The number of aliphatic hydroxyl groups excluding tert-OH is 1. The second-order valence-electron chi connectivity index (χ2n) is 34.6. The van der Waals surface area contributed by atoms with Crippen molar-refractivity contribution in [3.8, 4) is 5.75 Å². The average Bonchev–Trinajstić information content (AvgIpc) is 1.76. The smallest absolute Gasteiger partial charge is 0.246 e. The number of aryl methyl sites for hydroxylation is 1. The molecule has 26 N–H and O–H groups in total. The predicted octanol–water partition coefficient (Wildman–Crippen LogP) is -0.166. The van der Waals surface area contributed by atoms with E-state index in [-0.39, 0.29) is 128 Å². The van der Waals surface area contributed by atoms with Gasteiger partial charge in [0.05, 0.1) is 18.9 Å². The number of aromatic nitrogens is 1. The van der Waals surface area contributed by atoms with Gasteiger partial charge in [-0.05, 0) is 170 Å². The summed E-state index contributed by atoms with van der Waals surface area (Å²) in [6.07, 6.45) is -1.43. The second-order valence-corrected chi connectivity index (χ2v) is 38.0. The number of ether oxygens (including phenoxy) is 1. The molecule has 1 aliphatic rings. The van der Waals surface area contributed by atoms with Crippen molar-refractivity contribution < 1.29 is 91.4 Å². The van der Waals surface area contributed by atoms with Crippen LogP contribution in [0, 0.1) is 5.92 Å². The van der Waals surface area contributed by atoms with Crippen molar-refractivity contribution in [1.29, 1.82) is 0 Å². The Morgan fingerprint density at radius 1 is 0.557 bits per heavy atom. The molecule has 0 aliphatic carbocycles. The lowest BCUT2D eigenvalue weighted by Crippen LogP contribution is -2.65. The number of benzene rings is 4. The van der Waals surface area contributed by atoms with Crippen LogP contribution in [0.5, 0.6) is 5.75 Å². The molecule has 1 fully saturated rings. The third-order valence-electron chi connectivity index (χ3n) is 22.0. The first-order valence-electron chi connectivity index (χ1n) is 44.0. The minimum Gasteiger partial charge on any atom is -0.492 e. The average molecular weight is 1860 g/mol. The molecule has 17 amide bonds. The van der Waals surface area contributed by atoms with E-state index in [1.165, 1.54) is 48.5 Å². The Balaban J connectivity index is 1.55. The van der Waals surface area contributed by atoms with Gasteiger partial charge in [-0.25, -0.2) is 0 Å². The SMILES string of the molecule is CCc1cccc2c(C[C@@H]3NC(=O)[C@H]([C@@H](C)O)NC(=O)[C@H](CC(N)=O)NC(=O)[C@@H](NC(C)=O)C(C)(C)SSC(C)(C)[C@@H](C(=O)N[C@@H](Cc4ccc(OCCN)cc4)C(=O)N[C@@H](Cc4ccc5ccccc5c4)C(=O)N[C@@](C)(CCCCN)C(=O)N[C@@H](CCCCNC(C)=O)C(=O)N[C@@H](CC(N)=O)C(=O)N[C@H](CC(C)C)C(N)=O)NC(=O)[C@H](CCCCNC(C)=O)NC3=O)c[nH]c12. The Kier molecular flexibility index (Phi) is 42.5. The molecule has 1 aliphatic heterocycles. The number of unbranched alkanes of at least 4 members (excludes halogenated alkanes) is 3. The zero-order valence-corrected chi connectivity index (χ0v) is 78.1. The molecule has 0 spiro atoms. The summed E-state index contributed by atoms with van der Waals surface area (Å²) in [6.45, 7) is 18.5. The number of amides is 17. The fourth-order valence-electron chi connectivity index (χ4n) is 14.8. The molecular weight excluding hydrogens is 1730 g/mol. The molecule has 0 saturated carbocycles. The summed E-state index contributed by atoms with van der Waals surface area (Å²) in [6, 6.07) is 5.91. The third kappa shape index (κ3) is 34.4. The van der Waals surface area contributed by atoms with Gasteiger partial charge in [0.1, 0.15) is 84.4 Å². The van der Waals surface area contributed by atoms with Gasteiger partial charge in [0.2, 0.25) is 100 Å². The van der Waals surface area contributed by atoms with E-state index in [0.29, 0.717) is 46.2 Å². The van der Waals surface area contributed by atoms with Gasteiger partial charge in [0.15, 0.2) is 0 Å². The number of rotatable bonds is 45. The number of carbonyl (C=O) groups excluding carboxylic acids is 17. The maximum atomic E-state index is 16.4. The molecule has 0 unspecified atom stereocenters. The number of fused-ring (bicyclic) bond motifs is 2. The summed E-state index contributed by atoms with van der Waals surface area (Å²) < 4.78 is 2.58. The van der Waals surface area contributed by atoms with E-state index < -0.39 is 189 Å². The zero-order valence-electron chi connectivity index (χ0n) is 76.5. The van der Waals surface area contributed by atoms with Crippen molar-refractivity contribution in [3.05, 3.63) is 113 Å². The van der Waals surface area contributed by atoms with Crippen molar-refractivity contribution >= 4 is 144 Å². The lowest BCUT2D eigenvalue weighted by atomic mass is 9.91. The van der Waals surface area contributed by atoms with Crippen molar-refractivity contribution in [3.63, 3.8) is 0 Å². The highest BCUT2D eigenvalue weighted by Crippen LogP contribution is 2.47. The van der Waals surface area contributed by atoms with E-state index >= 15 is 28.8 Å². The molecule has 39 nitrogen and oxygen atoms in total. The van der Waals surface area contributed by atoms with Crippen LogP contribution in [0.3, 0.4) is 0 Å². The lowest BCUT2D eigenvalue weighted by molar-refractivity contribution is -0.138. The maximum absolute atomic E-state index is 16.4. The minimum absolute atomic E-state index is 0.0855. The van der Waals surface area contributed by atoms with Gasteiger partial charge in [0, 0.05) is 86.3 Å². The molecule has 5 aromatic rings. The highest BCUT2D eigenvalue weighted by Gasteiger charge is 2.47. The maximum Gasteiger partial charge on any atom is 0.246 e. The second kappa shape index (κ2) is 51.6. The third-order valence-corrected chi connectivity index (χ3v) is 26.2. The van der Waals surface area contributed by atoms with Gasteiger partial charge >= 0.3 is 0 Å². The molecule has 131 heavy (non-hydrogen) atoms. The van der Waals surface area contributed by atoms with Gasteiger partial charge in [0.25, 0.3) is 0 Å². The quantitative estimate of drug-likeness (QED) is 0.0178. The number of H-pyrrole nitrogens is 1. The highest BCUT2D eigenvalue weighted by atomic mass is 33.1. The molecule has 718 valence electrons. The summed E-state index contributed by atoms with van der Waals surface area (Å²) in [5.41, 5.74) is 29.7. The Labute approximate surface area is 770 Å². The predicted molar refractivity (Wildman–Crippen MR) is 496 cm³/mol. The summed E-state index contributed by atoms with van der Waals surface area (Å²) in [7, 11) is 1.82. The summed E-state index contributed by atoms with van der Waals surface area (Å²) in [5, 5.41) is 51.1. The van der Waals surface area contributed by atoms with Crippen LogP contribution in [-0.2, 0) is 107 Å². The fourth-order valence-corrected chi connectivity index (χ4v) is 17.6. The van der Waals surface area contributed by atoms with Crippen LogP contribution in [0.2, 0.25) is 0 Å². The number of aliphatic hydroxyl groups is 1. The van der Waals surface area contributed by atoms with Gasteiger partial charge in [-0.2, -0.15) is 0 Å². The molecule has 1 aromatic heterocycles. The molecule has 41 heteroatoms. The van der Waals surface area contributed by atoms with E-state index in [0.717, 1.165) is 51.8 Å². The number of nitrogens with one attached hydrogen (secondary N) is 15. The largest absolute Gasteiger partial charge is 0.492 e. The van der Waals surface area contributed by atoms with Crippen LogP contribution >= 0.6 is 21.6 Å². The molecule has 1 saturated heterocycles. The summed E-state index contributed by atoms with van der Waals surface area (Å²) in [4.78, 5) is 247. The van der Waals surface area contributed by atoms with E-state index in [2.05, 4.69) is 79.4 Å². The summed E-state index contributed by atoms with van der Waals surface area (Å²) >= 11 is 0. The van der Waals surface area contributed by atoms with Gasteiger partial charge in [-0.3, -0.25) is 81.5 Å². The van der Waals surface area contributed by atoms with Crippen LogP contribution in [0.25, 0.3) is 21.7 Å². The Bertz CT molecular complexity index is 4860. The monoisotopic (exact) mass is 1860 g/mol. The van der Waals surface area contributed by atoms with Crippen LogP contribution in [-0.4, -0.2) is 231 Å². The number of para-hydroxylation sites is 1. The first-order valence-corrected chi connectivity index (χ1v) is 46.1. The standard InChI is InChI=1S/C90H132N20O19S2/c1-13-56-25-22-26-61-59(48-98-73(56)61)45-67-80(121)100-62(27-16-20-38-96-51(5)112)78(119)109-75(89(10,11)131-130-88(8,9)74(99-53(7)114)85(126)106-69(47-71(94)116)82(123)108-72(50(4)111)84(125)104-67)86(127)105-65(43-54-30-33-60(34-31-54)129-40-37-92)79(120)102-66(44-55-29-32-57-23-14-15-24-58(57)42-55)83(124)110-90(12,35-18-19-36-91)87(128)107-63(28-17-21-39-97-52(6)113)77(118)103-68(46-70(93)115)81(122)101-64(76(95)117)41-49(2)3/h14-15,22-26,29-34,42,48-50,62-69,72,74-75,98,111H,13,16-21,27-28,35-41,43-47,91-92H2,1-12H3,(H2,93,115)(H2,94,116)(H2,95,117)(H,96,112)(H,97,113)(H,99,114)(H,100,121)(H,101,122)(H,102,120)(H,103,118)(H,104,125)(H,105,127)(H,106,126)(H,107,128)(H,108,123)(H,109,119)(H,110,124)/t50-,62+,63+,64-,65+,66+,67+,68+,69+,72+,74-,75-,90+/m1/s1. The van der Waals surface area contributed by atoms with Gasteiger partial charge < -0.3 is 118 Å². The zero-order chi connectivity index (χ0) is 97.2. The van der Waals surface area contributed by atoms with Crippen LogP contribution in [0.15, 0.2) is 91.1 Å². The minimum atomic E-state index is -2.02. The Morgan fingerprint density at radius 2 is 1.14 bits per heavy atom. The van der Waals surface area contributed by atoms with Crippen LogP contribution in [0.4, 0.5) is 0 Å². The first kappa shape index (κ1) is 108. The number of nitrogens with two attached hydrogens (primary N) is 5. The van der Waals surface area contributed by atoms with Gasteiger partial charge in [-0.1, -0.05) is 115 Å². The van der Waals surface area contributed by atoms with Crippen LogP contribution in [0.1, 0.15) is 182 Å². The number of carbonyl (C=O) groups is 17. The number of primary amides is 3. The number of hydrogen-bond acceptors (Lipinski definition) is 23. The van der Waals surface area contributed by atoms with E-state index in [9.17, 15) is 57.8 Å². The van der Waals surface area contributed by atoms with E-state index in [1.54, 1.807) is 80.7 Å². The van der Waals surface area contributed by atoms with Gasteiger partial charge in [-0.15, -0.1) is 0 Å². The van der Waals surface area contributed by atoms with Crippen molar-refractivity contribution in [2.75, 3.05) is 32.8 Å². The topological polar surface area (TPSA) is 634 Å². The molecule has 6 rings (SSSR count). The van der Waals surface area contributed by atoms with E-state index in [4.69, 9.17) is 33.4 Å². The summed E-state index contributed by atoms with van der Waals surface area (Å²) in [5.74, 6) is -15.8. The van der Waals surface area contributed by atoms with Crippen LogP contribution < -0.4 is 108 Å². The number of hydrogen-bond donors (Lipinski definition) is 21. The Hall–Kier alpha value is -11.9. The molecule has 13 atom stereocenters. The fraction of sp³-hybridized carbons (Fsp3) is 0.544. The highest BCUT2D eigenvalue weighted by molar-refractivity contribution is 8.77. The normalized spacial score (nSPS) is 19.2. The molecular formula is C90H132N20O19S2. The first-order chi connectivity index (χ1) is 61.8. The van der Waals surface area contributed by atoms with Crippen molar-refractivity contribution in [1.82, 2.24) is 79.4 Å². The number of aromatic amines is 1. The molecule has 4 aromatic carbocycles. The Morgan fingerprint density at radius 3 is 1.75 bits per heavy atom. The van der Waals surface area contributed by atoms with Crippen molar-refractivity contribution in [2.24, 2.45) is 34.6 Å². The lowest BCUT2D eigenvalue weighted by Gasteiger charge is -2.39. The van der Waals surface area contributed by atoms with Crippen molar-refractivity contribution in [2.45, 2.75) is 273 Å². The molecule has 0 radical (unpaired) electrons. The molecule has 0 bridgehead atoms. The molecule has 2 heterocycles. The van der Waals surface area contributed by atoms with E-state index in [1.807, 2.05) is 31.2 Å².